The Hall–Kier alpha value is -3.39. The van der Waals surface area contributed by atoms with Crippen LogP contribution < -0.4 is 5.56 Å². The molecule has 0 saturated carbocycles. The SMILES string of the molecule is CC(C#N)=C(C)C=C(O)[N+](=O)CCn1c(O)c(C#N)c(C)cc1=O. The van der Waals surface area contributed by atoms with Crippen LogP contribution in [0.15, 0.2) is 34.0 Å². The first-order valence-corrected chi connectivity index (χ1v) is 6.99. The van der Waals surface area contributed by atoms with Crippen LogP contribution >= 0.6 is 0 Å². The molecule has 124 valence electrons. The van der Waals surface area contributed by atoms with Gasteiger partial charge < -0.3 is 10.2 Å². The minimum absolute atomic E-state index is 0.0461. The zero-order valence-corrected chi connectivity index (χ0v) is 13.6. The van der Waals surface area contributed by atoms with Gasteiger partial charge in [0.15, 0.2) is 0 Å². The van der Waals surface area contributed by atoms with Crippen molar-refractivity contribution >= 4 is 0 Å². The van der Waals surface area contributed by atoms with E-state index in [1.807, 2.05) is 6.07 Å². The third-order valence-corrected chi connectivity index (χ3v) is 3.48. The molecule has 0 spiro atoms. The number of aliphatic hydroxyl groups excluding tert-OH is 1. The molecule has 2 N–H and O–H groups in total. The van der Waals surface area contributed by atoms with Gasteiger partial charge in [-0.05, 0) is 31.9 Å². The Kier molecular flexibility index (Phi) is 6.02. The molecule has 1 aromatic rings. The Labute approximate surface area is 138 Å². The van der Waals surface area contributed by atoms with Crippen molar-refractivity contribution in [3.8, 4) is 18.0 Å². The predicted octanol–water partition coefficient (Wildman–Crippen LogP) is 1.77. The molecule has 0 aromatic carbocycles. The standard InChI is InChI=1S/C16H16N4O4/c1-10(12(3)8-17)6-15(22)20(24)5-4-19-14(21)7-11(2)13(9-18)16(19)23/h6-7H,4-5H2,1-3H3,(H-,21,22,23)/p+1. The van der Waals surface area contributed by atoms with Crippen molar-refractivity contribution < 1.29 is 15.0 Å². The summed E-state index contributed by atoms with van der Waals surface area (Å²) in [5.74, 6) is -1.14. The average molecular weight is 329 g/mol. The molecule has 0 aliphatic carbocycles. The zero-order chi connectivity index (χ0) is 18.4. The molecular weight excluding hydrogens is 312 g/mol. The van der Waals surface area contributed by atoms with Crippen molar-refractivity contribution in [3.63, 3.8) is 0 Å². The summed E-state index contributed by atoms with van der Waals surface area (Å²) < 4.78 is 1.11. The highest BCUT2D eigenvalue weighted by Gasteiger charge is 2.19. The van der Waals surface area contributed by atoms with E-state index in [9.17, 15) is 19.9 Å². The van der Waals surface area contributed by atoms with Gasteiger partial charge >= 0.3 is 5.88 Å². The van der Waals surface area contributed by atoms with Crippen LogP contribution in [0.2, 0.25) is 0 Å². The monoisotopic (exact) mass is 329 g/mol. The summed E-state index contributed by atoms with van der Waals surface area (Å²) in [6.07, 6.45) is 1.14. The van der Waals surface area contributed by atoms with Crippen LogP contribution in [0.25, 0.3) is 0 Å². The van der Waals surface area contributed by atoms with E-state index in [0.29, 0.717) is 16.7 Å². The fourth-order valence-corrected chi connectivity index (χ4v) is 1.87. The Morgan fingerprint density at radius 1 is 1.42 bits per heavy atom. The Morgan fingerprint density at radius 3 is 2.58 bits per heavy atom. The number of nitrogens with zero attached hydrogens (tertiary/aromatic N) is 4. The van der Waals surface area contributed by atoms with E-state index >= 15 is 0 Å². The molecular formula is C16H17N4O4+. The summed E-state index contributed by atoms with van der Waals surface area (Å²) >= 11 is 0. The number of hydrogen-bond acceptors (Lipinski definition) is 6. The molecule has 0 amide bonds. The number of aromatic hydroxyl groups is 1. The molecule has 0 fully saturated rings. The largest absolute Gasteiger partial charge is 0.493 e. The Morgan fingerprint density at radius 2 is 2.04 bits per heavy atom. The van der Waals surface area contributed by atoms with Gasteiger partial charge in [-0.15, -0.1) is 0 Å². The minimum Gasteiger partial charge on any atom is -0.493 e. The molecule has 0 atom stereocenters. The van der Waals surface area contributed by atoms with Crippen molar-refractivity contribution in [1.82, 2.24) is 4.57 Å². The van der Waals surface area contributed by atoms with Crippen molar-refractivity contribution in [2.24, 2.45) is 0 Å². The lowest BCUT2D eigenvalue weighted by molar-refractivity contribution is -0.528. The molecule has 0 saturated heterocycles. The van der Waals surface area contributed by atoms with Crippen LogP contribution in [-0.4, -0.2) is 26.1 Å². The molecule has 0 unspecified atom stereocenters. The quantitative estimate of drug-likeness (QED) is 0.366. The summed E-state index contributed by atoms with van der Waals surface area (Å²) in [5.41, 5.74) is 0.511. The lowest BCUT2D eigenvalue weighted by Gasteiger charge is -2.08. The fraction of sp³-hybridized carbons (Fsp3) is 0.312. The number of aliphatic hydroxyl groups is 1. The molecule has 8 heteroatoms. The summed E-state index contributed by atoms with van der Waals surface area (Å²) in [5, 5.41) is 37.4. The molecule has 1 aromatic heterocycles. The number of rotatable bonds is 5. The molecule has 0 aliphatic rings. The van der Waals surface area contributed by atoms with E-state index < -0.39 is 17.3 Å². The highest BCUT2D eigenvalue weighted by atomic mass is 16.4. The van der Waals surface area contributed by atoms with Gasteiger partial charge in [0.1, 0.15) is 11.6 Å². The topological polar surface area (TPSA) is 130 Å². The first kappa shape index (κ1) is 18.7. The first-order valence-electron chi connectivity index (χ1n) is 6.99. The average Bonchev–Trinajstić information content (AvgIpc) is 2.53. The van der Waals surface area contributed by atoms with Gasteiger partial charge in [0.2, 0.25) is 12.4 Å². The second-order valence-corrected chi connectivity index (χ2v) is 5.15. The van der Waals surface area contributed by atoms with Crippen LogP contribution in [0, 0.1) is 34.5 Å². The van der Waals surface area contributed by atoms with Crippen LogP contribution in [0.1, 0.15) is 25.0 Å². The lowest BCUT2D eigenvalue weighted by Crippen LogP contribution is -2.25. The minimum atomic E-state index is -0.623. The van der Waals surface area contributed by atoms with E-state index in [2.05, 4.69) is 0 Å². The molecule has 0 radical (unpaired) electrons. The summed E-state index contributed by atoms with van der Waals surface area (Å²) in [6.45, 7) is 4.08. The molecule has 1 rings (SSSR count). The van der Waals surface area contributed by atoms with Gasteiger partial charge in [-0.1, -0.05) is 0 Å². The summed E-state index contributed by atoms with van der Waals surface area (Å²) in [7, 11) is 0. The van der Waals surface area contributed by atoms with Gasteiger partial charge in [0.05, 0.1) is 23.5 Å². The third-order valence-electron chi connectivity index (χ3n) is 3.48. The van der Waals surface area contributed by atoms with Crippen molar-refractivity contribution in [1.29, 1.82) is 10.5 Å². The normalized spacial score (nSPS) is 12.1. The van der Waals surface area contributed by atoms with E-state index in [0.717, 1.165) is 10.6 Å². The van der Waals surface area contributed by atoms with Crippen LogP contribution in [0.5, 0.6) is 5.88 Å². The predicted molar refractivity (Wildman–Crippen MR) is 85.0 cm³/mol. The molecule has 8 nitrogen and oxygen atoms in total. The maximum Gasteiger partial charge on any atom is 0.413 e. The smallest absolute Gasteiger partial charge is 0.413 e. The van der Waals surface area contributed by atoms with E-state index in [-0.39, 0.29) is 23.4 Å². The number of aromatic nitrogens is 1. The highest BCUT2D eigenvalue weighted by Crippen LogP contribution is 2.17. The van der Waals surface area contributed by atoms with Crippen molar-refractivity contribution in [2.75, 3.05) is 6.54 Å². The molecule has 0 aliphatic heterocycles. The molecule has 1 heterocycles. The number of nitriles is 2. The van der Waals surface area contributed by atoms with Crippen molar-refractivity contribution in [3.05, 3.63) is 55.6 Å². The highest BCUT2D eigenvalue weighted by molar-refractivity contribution is 5.43. The summed E-state index contributed by atoms with van der Waals surface area (Å²) in [4.78, 5) is 23.7. The summed E-state index contributed by atoms with van der Waals surface area (Å²) in [6, 6.07) is 4.87. The first-order chi connectivity index (χ1) is 11.2. The number of hydrogen-bond donors (Lipinski definition) is 2. The third kappa shape index (κ3) is 4.08. The Bertz CT molecular complexity index is 879. The lowest BCUT2D eigenvalue weighted by atomic mass is 10.1. The van der Waals surface area contributed by atoms with Gasteiger partial charge in [-0.2, -0.15) is 10.5 Å². The van der Waals surface area contributed by atoms with Crippen LogP contribution in [-0.2, 0) is 6.54 Å². The molecule has 24 heavy (non-hydrogen) atoms. The van der Waals surface area contributed by atoms with Gasteiger partial charge in [-0.25, -0.2) is 0 Å². The fourth-order valence-electron chi connectivity index (χ4n) is 1.87. The van der Waals surface area contributed by atoms with Crippen LogP contribution in [0.3, 0.4) is 0 Å². The van der Waals surface area contributed by atoms with Crippen molar-refractivity contribution in [2.45, 2.75) is 27.3 Å². The van der Waals surface area contributed by atoms with Crippen LogP contribution in [0.4, 0.5) is 0 Å². The van der Waals surface area contributed by atoms with Gasteiger partial charge in [0.25, 0.3) is 5.56 Å². The number of nitroso groups, excluding NO2 is 1. The van der Waals surface area contributed by atoms with E-state index in [1.54, 1.807) is 19.9 Å². The second-order valence-electron chi connectivity index (χ2n) is 5.15. The van der Waals surface area contributed by atoms with Gasteiger partial charge in [0, 0.05) is 16.5 Å². The van der Waals surface area contributed by atoms with E-state index in [4.69, 9.17) is 10.5 Å². The maximum atomic E-state index is 11.9. The Balaban J connectivity index is 3.02. The zero-order valence-electron chi connectivity index (χ0n) is 13.6. The van der Waals surface area contributed by atoms with E-state index in [1.165, 1.54) is 13.0 Å². The molecule has 0 bridgehead atoms. The maximum absolute atomic E-state index is 11.9. The number of allylic oxidation sites excluding steroid dienone is 3. The number of aryl methyl sites for hydroxylation is 1. The number of pyridine rings is 1. The van der Waals surface area contributed by atoms with Gasteiger partial charge in [-0.3, -0.25) is 9.36 Å². The second kappa shape index (κ2) is 7.75.